The van der Waals surface area contributed by atoms with Gasteiger partial charge in [0.1, 0.15) is 0 Å². The van der Waals surface area contributed by atoms with Crippen LogP contribution in [0.15, 0.2) is 47.7 Å². The molecule has 1 amide bonds. The number of nitro groups is 1. The molecular formula is C24H24N2O6. The van der Waals surface area contributed by atoms with Crippen molar-refractivity contribution < 1.29 is 24.4 Å². The first-order valence-electron chi connectivity index (χ1n) is 10.5. The summed E-state index contributed by atoms with van der Waals surface area (Å²) in [5.41, 5.74) is 3.10. The van der Waals surface area contributed by atoms with E-state index in [-0.39, 0.29) is 36.4 Å². The van der Waals surface area contributed by atoms with E-state index in [9.17, 15) is 24.8 Å². The molecule has 0 spiro atoms. The van der Waals surface area contributed by atoms with Gasteiger partial charge in [-0.25, -0.2) is 0 Å². The van der Waals surface area contributed by atoms with Gasteiger partial charge in [0.2, 0.25) is 11.7 Å². The summed E-state index contributed by atoms with van der Waals surface area (Å²) in [6.07, 6.45) is 0.797. The van der Waals surface area contributed by atoms with E-state index in [4.69, 9.17) is 4.74 Å². The molecule has 0 radical (unpaired) electrons. The summed E-state index contributed by atoms with van der Waals surface area (Å²) < 4.78 is 5.38. The van der Waals surface area contributed by atoms with Gasteiger partial charge in [0.05, 0.1) is 11.5 Å². The maximum Gasteiger partial charge on any atom is 0.314 e. The molecule has 166 valence electrons. The highest BCUT2D eigenvalue weighted by atomic mass is 16.6. The summed E-state index contributed by atoms with van der Waals surface area (Å²) in [6.45, 7) is 3.89. The Bertz CT molecular complexity index is 1140. The average Bonchev–Trinajstić information content (AvgIpc) is 2.74. The Morgan fingerprint density at radius 2 is 1.84 bits per heavy atom. The first kappa shape index (κ1) is 21.5. The SMILES string of the molecule is CCOc1cc(C2CC(=O)NC3=C2C(=O)CC(c2ccc(C)cc2)C3)cc([N+](=O)[O-])c1O. The number of nitrogens with one attached hydrogen (secondary N) is 1. The molecule has 2 atom stereocenters. The number of Topliss-reactive ketones (excluding diaryl/α,β-unsaturated/α-hetero) is 1. The standard InChI is InChI=1S/C24H24N2O6/c1-3-32-21-11-16(9-19(24(21)29)26(30)31)17-12-22(28)25-18-8-15(10-20(27)23(17)18)14-6-4-13(2)5-7-14/h4-7,9,11,15,17,29H,3,8,10,12H2,1-2H3,(H,25,28). The number of amides is 1. The maximum absolute atomic E-state index is 13.2. The Morgan fingerprint density at radius 3 is 2.50 bits per heavy atom. The Hall–Kier alpha value is -3.68. The molecule has 8 heteroatoms. The maximum atomic E-state index is 13.2. The third kappa shape index (κ3) is 3.95. The van der Waals surface area contributed by atoms with Crippen molar-refractivity contribution in [3.63, 3.8) is 0 Å². The second kappa shape index (κ2) is 8.45. The highest BCUT2D eigenvalue weighted by molar-refractivity contribution is 6.02. The van der Waals surface area contributed by atoms with E-state index in [1.165, 1.54) is 12.1 Å². The van der Waals surface area contributed by atoms with E-state index >= 15 is 0 Å². The van der Waals surface area contributed by atoms with Gasteiger partial charge in [-0.3, -0.25) is 19.7 Å². The molecule has 32 heavy (non-hydrogen) atoms. The first-order valence-corrected chi connectivity index (χ1v) is 10.5. The van der Waals surface area contributed by atoms with Gasteiger partial charge in [0.25, 0.3) is 0 Å². The largest absolute Gasteiger partial charge is 0.500 e. The van der Waals surface area contributed by atoms with Crippen LogP contribution < -0.4 is 10.1 Å². The molecule has 4 rings (SSSR count). The number of hydrogen-bond acceptors (Lipinski definition) is 6. The second-order valence-electron chi connectivity index (χ2n) is 8.21. The number of carbonyl (C=O) groups excluding carboxylic acids is 2. The number of carbonyl (C=O) groups is 2. The number of phenolic OH excluding ortho intramolecular Hbond substituents is 1. The lowest BCUT2D eigenvalue weighted by atomic mass is 9.73. The van der Waals surface area contributed by atoms with Crippen LogP contribution in [0.5, 0.6) is 11.5 Å². The van der Waals surface area contributed by atoms with Crippen molar-refractivity contribution >= 4 is 17.4 Å². The highest BCUT2D eigenvalue weighted by Gasteiger charge is 2.39. The minimum Gasteiger partial charge on any atom is -0.500 e. The Labute approximate surface area is 185 Å². The van der Waals surface area contributed by atoms with E-state index in [1.807, 2.05) is 31.2 Å². The summed E-state index contributed by atoms with van der Waals surface area (Å²) in [6, 6.07) is 10.7. The summed E-state index contributed by atoms with van der Waals surface area (Å²) in [4.78, 5) is 36.5. The summed E-state index contributed by atoms with van der Waals surface area (Å²) in [5.74, 6) is -1.62. The number of nitrogens with zero attached hydrogens (tertiary/aromatic N) is 1. The van der Waals surface area contributed by atoms with Crippen molar-refractivity contribution in [1.29, 1.82) is 0 Å². The first-order chi connectivity index (χ1) is 15.3. The molecular weight excluding hydrogens is 412 g/mol. The third-order valence-corrected chi connectivity index (χ3v) is 6.06. The van der Waals surface area contributed by atoms with Crippen molar-refractivity contribution in [3.8, 4) is 11.5 Å². The van der Waals surface area contributed by atoms with Crippen LogP contribution in [-0.4, -0.2) is 28.3 Å². The number of aryl methyl sites for hydroxylation is 1. The van der Waals surface area contributed by atoms with Crippen LogP contribution in [0, 0.1) is 17.0 Å². The molecule has 1 heterocycles. The average molecular weight is 436 g/mol. The Kier molecular flexibility index (Phi) is 5.69. The highest BCUT2D eigenvalue weighted by Crippen LogP contribution is 2.46. The monoisotopic (exact) mass is 436 g/mol. The fourth-order valence-corrected chi connectivity index (χ4v) is 4.54. The molecule has 2 aliphatic rings. The molecule has 8 nitrogen and oxygen atoms in total. The van der Waals surface area contributed by atoms with Gasteiger partial charge in [-0.15, -0.1) is 0 Å². The van der Waals surface area contributed by atoms with Crippen LogP contribution in [0.1, 0.15) is 54.7 Å². The van der Waals surface area contributed by atoms with E-state index < -0.39 is 22.3 Å². The van der Waals surface area contributed by atoms with Crippen LogP contribution in [-0.2, 0) is 9.59 Å². The predicted molar refractivity (Wildman–Crippen MR) is 117 cm³/mol. The number of aromatic hydroxyl groups is 1. The van der Waals surface area contributed by atoms with Crippen molar-refractivity contribution in [3.05, 3.63) is 74.5 Å². The van der Waals surface area contributed by atoms with E-state index in [1.54, 1.807) is 6.92 Å². The molecule has 2 unspecified atom stereocenters. The van der Waals surface area contributed by atoms with Gasteiger partial charge >= 0.3 is 5.69 Å². The van der Waals surface area contributed by atoms with Crippen LogP contribution in [0.4, 0.5) is 5.69 Å². The number of benzene rings is 2. The second-order valence-corrected chi connectivity index (χ2v) is 8.21. The van der Waals surface area contributed by atoms with Crippen LogP contribution in [0.25, 0.3) is 0 Å². The molecule has 2 N–H and O–H groups in total. The van der Waals surface area contributed by atoms with Crippen LogP contribution >= 0.6 is 0 Å². The molecule has 1 aliphatic heterocycles. The number of phenols is 1. The lowest BCUT2D eigenvalue weighted by Gasteiger charge is -2.34. The van der Waals surface area contributed by atoms with Crippen molar-refractivity contribution in [1.82, 2.24) is 5.32 Å². The third-order valence-electron chi connectivity index (χ3n) is 6.06. The molecule has 0 fully saturated rings. The minimum absolute atomic E-state index is 0.00668. The van der Waals surface area contributed by atoms with Gasteiger partial charge in [-0.05, 0) is 43.4 Å². The van der Waals surface area contributed by atoms with Crippen LogP contribution in [0.3, 0.4) is 0 Å². The fraction of sp³-hybridized carbons (Fsp3) is 0.333. The Balaban J connectivity index is 1.77. The minimum atomic E-state index is -0.699. The summed E-state index contributed by atoms with van der Waals surface area (Å²) in [5, 5.41) is 24.5. The Morgan fingerprint density at radius 1 is 1.12 bits per heavy atom. The quantitative estimate of drug-likeness (QED) is 0.540. The lowest BCUT2D eigenvalue weighted by molar-refractivity contribution is -0.386. The topological polar surface area (TPSA) is 119 Å². The van der Waals surface area contributed by atoms with Gasteiger partial charge in [-0.2, -0.15) is 0 Å². The molecule has 0 saturated carbocycles. The molecule has 2 aromatic carbocycles. The molecule has 0 saturated heterocycles. The zero-order valence-electron chi connectivity index (χ0n) is 17.9. The van der Waals surface area contributed by atoms with Crippen molar-refractivity contribution in [2.45, 2.75) is 44.9 Å². The lowest BCUT2D eigenvalue weighted by Crippen LogP contribution is -2.38. The van der Waals surface area contributed by atoms with Gasteiger partial charge in [0, 0.05) is 36.1 Å². The van der Waals surface area contributed by atoms with Crippen molar-refractivity contribution in [2.24, 2.45) is 0 Å². The predicted octanol–water partition coefficient (Wildman–Crippen LogP) is 4.01. The number of allylic oxidation sites excluding steroid dienone is 2. The molecule has 2 aromatic rings. The van der Waals surface area contributed by atoms with Gasteiger partial charge in [0.15, 0.2) is 11.5 Å². The van der Waals surface area contributed by atoms with E-state index in [0.29, 0.717) is 29.7 Å². The zero-order valence-corrected chi connectivity index (χ0v) is 17.9. The zero-order chi connectivity index (χ0) is 23.0. The smallest absolute Gasteiger partial charge is 0.314 e. The molecule has 0 aromatic heterocycles. The fourth-order valence-electron chi connectivity index (χ4n) is 4.54. The number of ketones is 1. The van der Waals surface area contributed by atoms with E-state index in [0.717, 1.165) is 11.1 Å². The number of hydrogen-bond donors (Lipinski definition) is 2. The van der Waals surface area contributed by atoms with Crippen LogP contribution in [0.2, 0.25) is 0 Å². The summed E-state index contributed by atoms with van der Waals surface area (Å²) >= 11 is 0. The molecule has 1 aliphatic carbocycles. The normalized spacial score (nSPS) is 20.6. The molecule has 0 bridgehead atoms. The number of nitro benzene ring substituents is 1. The number of rotatable bonds is 5. The summed E-state index contributed by atoms with van der Waals surface area (Å²) in [7, 11) is 0. The van der Waals surface area contributed by atoms with E-state index in [2.05, 4.69) is 5.32 Å². The number of ether oxygens (including phenoxy) is 1. The van der Waals surface area contributed by atoms with Gasteiger partial charge < -0.3 is 15.2 Å². The van der Waals surface area contributed by atoms with Crippen molar-refractivity contribution in [2.75, 3.05) is 6.61 Å². The van der Waals surface area contributed by atoms with Gasteiger partial charge in [-0.1, -0.05) is 29.8 Å².